The highest BCUT2D eigenvalue weighted by Gasteiger charge is 2.09. The van der Waals surface area contributed by atoms with Crippen LogP contribution in [-0.2, 0) is 4.79 Å². The summed E-state index contributed by atoms with van der Waals surface area (Å²) in [7, 11) is 0. The third kappa shape index (κ3) is 5.10. The number of amides is 1. The summed E-state index contributed by atoms with van der Waals surface area (Å²) in [4.78, 5) is 16.5. The average Bonchev–Trinajstić information content (AvgIpc) is 2.69. The molecule has 1 atom stereocenters. The van der Waals surface area contributed by atoms with Gasteiger partial charge in [-0.15, -0.1) is 11.3 Å². The van der Waals surface area contributed by atoms with Gasteiger partial charge in [0.1, 0.15) is 0 Å². The number of thiazole rings is 1. The molecule has 0 aliphatic carbocycles. The fourth-order valence-electron chi connectivity index (χ4n) is 1.11. The van der Waals surface area contributed by atoms with E-state index in [0.29, 0.717) is 0 Å². The molecule has 5 heteroatoms. The Hall–Kier alpha value is -1.20. The maximum Gasteiger partial charge on any atom is 0.244 e. The van der Waals surface area contributed by atoms with Gasteiger partial charge < -0.3 is 10.4 Å². The molecule has 0 saturated heterocycles. The molecule has 1 aromatic rings. The van der Waals surface area contributed by atoms with Crippen LogP contribution in [0.1, 0.15) is 23.7 Å². The predicted molar refractivity (Wildman–Crippen MR) is 69.7 cm³/mol. The quantitative estimate of drug-likeness (QED) is 0.785. The Balaban J connectivity index is 2.37. The molecule has 0 fully saturated rings. The Morgan fingerprint density at radius 1 is 1.65 bits per heavy atom. The van der Waals surface area contributed by atoms with Crippen LogP contribution in [-0.4, -0.2) is 28.6 Å². The molecule has 4 nitrogen and oxygen atoms in total. The lowest BCUT2D eigenvalue weighted by Crippen LogP contribution is -2.33. The molecule has 0 saturated carbocycles. The van der Waals surface area contributed by atoms with E-state index >= 15 is 0 Å². The number of nitrogens with one attached hydrogen (secondary N) is 1. The van der Waals surface area contributed by atoms with Gasteiger partial charge in [0.05, 0.1) is 11.1 Å². The second-order valence-electron chi connectivity index (χ2n) is 4.17. The topological polar surface area (TPSA) is 62.2 Å². The van der Waals surface area contributed by atoms with E-state index < -0.39 is 6.10 Å². The molecular formula is C12H18N2O2S. The third-order valence-corrected chi connectivity index (χ3v) is 3.17. The first kappa shape index (κ1) is 13.9. The number of hydrogen-bond acceptors (Lipinski definition) is 4. The maximum atomic E-state index is 11.4. The molecule has 0 aliphatic rings. The first-order chi connectivity index (χ1) is 7.99. The average molecular weight is 254 g/mol. The molecule has 2 N–H and O–H groups in total. The predicted octanol–water partition coefficient (Wildman–Crippen LogP) is 1.60. The van der Waals surface area contributed by atoms with Gasteiger partial charge in [-0.1, -0.05) is 13.8 Å². The van der Waals surface area contributed by atoms with Gasteiger partial charge in [0.25, 0.3) is 0 Å². The second kappa shape index (κ2) is 6.51. The van der Waals surface area contributed by atoms with Crippen molar-refractivity contribution in [1.82, 2.24) is 10.3 Å². The third-order valence-electron chi connectivity index (χ3n) is 2.29. The Morgan fingerprint density at radius 2 is 2.35 bits per heavy atom. The molecule has 0 spiro atoms. The van der Waals surface area contributed by atoms with Crippen LogP contribution in [0.5, 0.6) is 0 Å². The minimum Gasteiger partial charge on any atom is -0.391 e. The molecular weight excluding hydrogens is 236 g/mol. The number of hydrogen-bond donors (Lipinski definition) is 2. The van der Waals surface area contributed by atoms with E-state index in [1.54, 1.807) is 12.3 Å². The first-order valence-electron chi connectivity index (χ1n) is 5.55. The highest BCUT2D eigenvalue weighted by atomic mass is 32.1. The summed E-state index contributed by atoms with van der Waals surface area (Å²) >= 11 is 1.53. The van der Waals surface area contributed by atoms with Crippen molar-refractivity contribution in [1.29, 1.82) is 0 Å². The van der Waals surface area contributed by atoms with Gasteiger partial charge >= 0.3 is 0 Å². The van der Waals surface area contributed by atoms with Crippen molar-refractivity contribution in [3.05, 3.63) is 22.2 Å². The number of aromatic nitrogens is 1. The van der Waals surface area contributed by atoms with Crippen molar-refractivity contribution in [3.8, 4) is 0 Å². The van der Waals surface area contributed by atoms with Crippen LogP contribution < -0.4 is 5.32 Å². The van der Waals surface area contributed by atoms with Gasteiger partial charge in [-0.2, -0.15) is 0 Å². The Labute approximate surface area is 105 Å². The lowest BCUT2D eigenvalue weighted by molar-refractivity contribution is -0.117. The van der Waals surface area contributed by atoms with Crippen molar-refractivity contribution in [2.75, 3.05) is 6.54 Å². The molecule has 17 heavy (non-hydrogen) atoms. The second-order valence-corrected chi connectivity index (χ2v) is 5.44. The van der Waals surface area contributed by atoms with E-state index in [1.807, 2.05) is 20.8 Å². The van der Waals surface area contributed by atoms with Crippen LogP contribution in [0.2, 0.25) is 0 Å². The Bertz CT molecular complexity index is 399. The van der Waals surface area contributed by atoms with Crippen molar-refractivity contribution in [2.45, 2.75) is 26.9 Å². The summed E-state index contributed by atoms with van der Waals surface area (Å²) in [5.41, 5.74) is 0. The van der Waals surface area contributed by atoms with Gasteiger partial charge in [-0.3, -0.25) is 4.79 Å². The number of aliphatic hydroxyl groups is 1. The minimum absolute atomic E-state index is 0.142. The van der Waals surface area contributed by atoms with Gasteiger partial charge in [-0.05, 0) is 18.9 Å². The van der Waals surface area contributed by atoms with Gasteiger partial charge in [0.15, 0.2) is 0 Å². The van der Waals surface area contributed by atoms with Crippen molar-refractivity contribution >= 4 is 23.3 Å². The molecule has 1 rings (SSSR count). The Kier molecular flexibility index (Phi) is 5.31. The zero-order valence-corrected chi connectivity index (χ0v) is 11.1. The molecule has 1 heterocycles. The largest absolute Gasteiger partial charge is 0.391 e. The maximum absolute atomic E-state index is 11.4. The summed E-state index contributed by atoms with van der Waals surface area (Å²) in [5, 5.41) is 13.1. The smallest absolute Gasteiger partial charge is 0.244 e. The number of aliphatic hydroxyl groups excluding tert-OH is 1. The van der Waals surface area contributed by atoms with Crippen LogP contribution in [0.3, 0.4) is 0 Å². The lowest BCUT2D eigenvalue weighted by atomic mass is 10.1. The molecule has 0 radical (unpaired) electrons. The summed E-state index contributed by atoms with van der Waals surface area (Å²) < 4.78 is 0. The normalized spacial score (nSPS) is 13.2. The molecule has 0 aromatic carbocycles. The van der Waals surface area contributed by atoms with E-state index in [9.17, 15) is 9.90 Å². The summed E-state index contributed by atoms with van der Waals surface area (Å²) in [5.74, 6) is -0.0563. The van der Waals surface area contributed by atoms with E-state index in [2.05, 4.69) is 10.3 Å². The summed E-state index contributed by atoms with van der Waals surface area (Å²) in [6.07, 6.45) is 4.41. The van der Waals surface area contributed by atoms with Crippen molar-refractivity contribution in [2.24, 2.45) is 5.92 Å². The van der Waals surface area contributed by atoms with E-state index in [-0.39, 0.29) is 18.4 Å². The van der Waals surface area contributed by atoms with Crippen LogP contribution in [0.15, 0.2) is 12.3 Å². The molecule has 1 unspecified atom stereocenters. The van der Waals surface area contributed by atoms with E-state index in [1.165, 1.54) is 17.4 Å². The van der Waals surface area contributed by atoms with Gasteiger partial charge in [0, 0.05) is 23.7 Å². The van der Waals surface area contributed by atoms with E-state index in [4.69, 9.17) is 0 Å². The van der Waals surface area contributed by atoms with Crippen LogP contribution in [0.4, 0.5) is 0 Å². The highest BCUT2D eigenvalue weighted by molar-refractivity contribution is 7.12. The number of carbonyl (C=O) groups excluding carboxylic acids is 1. The number of rotatable bonds is 5. The molecule has 1 aromatic heterocycles. The van der Waals surface area contributed by atoms with Crippen LogP contribution in [0, 0.1) is 12.8 Å². The van der Waals surface area contributed by atoms with E-state index in [0.717, 1.165) is 9.88 Å². The fraction of sp³-hybridized carbons (Fsp3) is 0.500. The van der Waals surface area contributed by atoms with Crippen LogP contribution in [0.25, 0.3) is 6.08 Å². The number of nitrogens with zero attached hydrogens (tertiary/aromatic N) is 1. The van der Waals surface area contributed by atoms with Crippen molar-refractivity contribution in [3.63, 3.8) is 0 Å². The molecule has 94 valence electrons. The SMILES string of the molecule is Cc1ncc(/C=C/C(=O)NCC(O)C(C)C)s1. The standard InChI is InChI=1S/C12H18N2O2S/c1-8(2)11(15)7-14-12(16)5-4-10-6-13-9(3)17-10/h4-6,8,11,15H,7H2,1-3H3,(H,14,16)/b5-4+. The number of carbonyl (C=O) groups is 1. The Morgan fingerprint density at radius 3 is 2.88 bits per heavy atom. The first-order valence-corrected chi connectivity index (χ1v) is 6.37. The summed E-state index contributed by atoms with van der Waals surface area (Å²) in [6.45, 7) is 6.02. The molecule has 0 bridgehead atoms. The van der Waals surface area contributed by atoms with Crippen LogP contribution >= 0.6 is 11.3 Å². The van der Waals surface area contributed by atoms with Crippen molar-refractivity contribution < 1.29 is 9.90 Å². The summed E-state index contributed by atoms with van der Waals surface area (Å²) in [6, 6.07) is 0. The van der Waals surface area contributed by atoms with Gasteiger partial charge in [0.2, 0.25) is 5.91 Å². The zero-order valence-electron chi connectivity index (χ0n) is 10.3. The fourth-order valence-corrected chi connectivity index (χ4v) is 1.80. The molecule has 1 amide bonds. The zero-order chi connectivity index (χ0) is 12.8. The monoisotopic (exact) mass is 254 g/mol. The molecule has 0 aliphatic heterocycles. The highest BCUT2D eigenvalue weighted by Crippen LogP contribution is 2.12. The van der Waals surface area contributed by atoms with Gasteiger partial charge in [-0.25, -0.2) is 4.98 Å². The lowest BCUT2D eigenvalue weighted by Gasteiger charge is -2.13. The number of aryl methyl sites for hydroxylation is 1. The minimum atomic E-state index is -0.502.